The number of nitrogens with zero attached hydrogens (tertiary/aromatic N) is 1. The third kappa shape index (κ3) is 3.34. The Hall–Kier alpha value is -2.05. The Morgan fingerprint density at radius 2 is 2.10 bits per heavy atom. The highest BCUT2D eigenvalue weighted by molar-refractivity contribution is 7.13. The Morgan fingerprint density at radius 1 is 1.43 bits per heavy atom. The third-order valence-corrected chi connectivity index (χ3v) is 4.62. The number of carbonyl (C=O) groups excluding carboxylic acids is 1. The van der Waals surface area contributed by atoms with Gasteiger partial charge in [-0.1, -0.05) is 47.1 Å². The molecule has 1 unspecified atom stereocenters. The fraction of sp³-hybridized carbons (Fsp3) is 0.143. The number of nitrogens with two attached hydrogens (primary N) is 1. The Morgan fingerprint density at radius 3 is 2.62 bits per heavy atom. The zero-order valence-corrected chi connectivity index (χ0v) is 12.8. The average Bonchev–Trinajstić information content (AvgIpc) is 2.84. The van der Waals surface area contributed by atoms with Gasteiger partial charge in [0.1, 0.15) is 10.9 Å². The quantitative estimate of drug-likeness (QED) is 0.350. The molecule has 0 aliphatic carbocycles. The highest BCUT2D eigenvalue weighted by Crippen LogP contribution is 2.27. The van der Waals surface area contributed by atoms with Crippen LogP contribution in [-0.2, 0) is 0 Å². The highest BCUT2D eigenvalue weighted by atomic mass is 35.5. The lowest BCUT2D eigenvalue weighted by atomic mass is 10.1. The molecule has 4 N–H and O–H groups in total. The number of amides is 1. The average molecular weight is 324 g/mol. The summed E-state index contributed by atoms with van der Waals surface area (Å²) in [5.41, 5.74) is 7.23. The molecule has 0 aliphatic rings. The van der Waals surface area contributed by atoms with Crippen molar-refractivity contribution in [3.63, 3.8) is 0 Å². The molecule has 0 saturated carbocycles. The number of benzene rings is 1. The van der Waals surface area contributed by atoms with Gasteiger partial charge in [0.25, 0.3) is 5.91 Å². The molecule has 1 amide bonds. The number of nitrogens with one attached hydrogen (secondary N) is 1. The van der Waals surface area contributed by atoms with Gasteiger partial charge in [0.2, 0.25) is 0 Å². The zero-order valence-electron chi connectivity index (χ0n) is 11.2. The topological polar surface area (TPSA) is 87.7 Å². The third-order valence-electron chi connectivity index (χ3n) is 2.92. The Balaban J connectivity index is 2.28. The number of amidine groups is 1. The summed E-state index contributed by atoms with van der Waals surface area (Å²) in [6.07, 6.45) is 0. The summed E-state index contributed by atoms with van der Waals surface area (Å²) in [6, 6.07) is 8.30. The van der Waals surface area contributed by atoms with E-state index in [0.29, 0.717) is 15.5 Å². The van der Waals surface area contributed by atoms with Crippen LogP contribution in [0.25, 0.3) is 0 Å². The molecule has 0 saturated heterocycles. The molecule has 0 aliphatic heterocycles. The highest BCUT2D eigenvalue weighted by Gasteiger charge is 2.22. The largest absolute Gasteiger partial charge is 0.409 e. The van der Waals surface area contributed by atoms with E-state index in [2.05, 4.69) is 10.5 Å². The Labute approximate surface area is 131 Å². The summed E-state index contributed by atoms with van der Waals surface area (Å²) in [5.74, 6) is -0.461. The first-order valence-corrected chi connectivity index (χ1v) is 7.37. The van der Waals surface area contributed by atoms with Crippen molar-refractivity contribution >= 4 is 34.7 Å². The van der Waals surface area contributed by atoms with Gasteiger partial charge in [0.05, 0.1) is 5.02 Å². The van der Waals surface area contributed by atoms with E-state index in [4.69, 9.17) is 22.5 Å². The molecule has 1 atom stereocenters. The van der Waals surface area contributed by atoms with Gasteiger partial charge in [-0.2, -0.15) is 0 Å². The number of oxime groups is 1. The molecule has 0 spiro atoms. The summed E-state index contributed by atoms with van der Waals surface area (Å²) < 4.78 is 0. The number of aryl methyl sites for hydroxylation is 1. The van der Waals surface area contributed by atoms with Crippen molar-refractivity contribution in [3.05, 3.63) is 56.7 Å². The summed E-state index contributed by atoms with van der Waals surface area (Å²) in [5, 5.41) is 16.8. The van der Waals surface area contributed by atoms with Crippen LogP contribution in [0.4, 0.5) is 0 Å². The van der Waals surface area contributed by atoms with Crippen LogP contribution in [0.15, 0.2) is 40.9 Å². The summed E-state index contributed by atoms with van der Waals surface area (Å²) in [4.78, 5) is 12.7. The molecular formula is C14H14ClN3O2S. The first-order chi connectivity index (χ1) is 10.0. The second-order valence-corrected chi connectivity index (χ2v) is 5.66. The molecule has 5 nitrogen and oxygen atoms in total. The predicted molar refractivity (Wildman–Crippen MR) is 84.1 cm³/mol. The minimum Gasteiger partial charge on any atom is -0.409 e. The number of hydrogen-bond donors (Lipinski definition) is 3. The van der Waals surface area contributed by atoms with E-state index in [0.717, 1.165) is 5.56 Å². The lowest BCUT2D eigenvalue weighted by Crippen LogP contribution is -2.37. The lowest BCUT2D eigenvalue weighted by Gasteiger charge is -2.17. The van der Waals surface area contributed by atoms with E-state index in [1.165, 1.54) is 11.3 Å². The number of hydrogen-bond acceptors (Lipinski definition) is 4. The minimum atomic E-state index is -0.720. The van der Waals surface area contributed by atoms with E-state index >= 15 is 0 Å². The zero-order chi connectivity index (χ0) is 15.4. The van der Waals surface area contributed by atoms with Gasteiger partial charge in [-0.25, -0.2) is 0 Å². The van der Waals surface area contributed by atoms with Crippen LogP contribution >= 0.6 is 22.9 Å². The smallest absolute Gasteiger partial charge is 0.263 e. The summed E-state index contributed by atoms with van der Waals surface area (Å²) in [7, 11) is 0. The number of rotatable bonds is 4. The van der Waals surface area contributed by atoms with Crippen LogP contribution in [0.3, 0.4) is 0 Å². The van der Waals surface area contributed by atoms with Crippen molar-refractivity contribution in [2.75, 3.05) is 0 Å². The van der Waals surface area contributed by atoms with Crippen molar-refractivity contribution in [2.24, 2.45) is 10.9 Å². The van der Waals surface area contributed by atoms with Crippen molar-refractivity contribution in [1.29, 1.82) is 0 Å². The minimum absolute atomic E-state index is 0.0982. The molecule has 0 bridgehead atoms. The first-order valence-electron chi connectivity index (χ1n) is 6.11. The normalized spacial score (nSPS) is 13.0. The molecule has 2 aromatic rings. The van der Waals surface area contributed by atoms with Crippen LogP contribution in [0.2, 0.25) is 5.02 Å². The van der Waals surface area contributed by atoms with Crippen molar-refractivity contribution in [2.45, 2.75) is 13.0 Å². The van der Waals surface area contributed by atoms with Crippen LogP contribution in [0, 0.1) is 6.92 Å². The number of thiophene rings is 1. The Bertz CT molecular complexity index is 670. The molecule has 0 radical (unpaired) electrons. The lowest BCUT2D eigenvalue weighted by molar-refractivity contribution is 0.0950. The predicted octanol–water partition coefficient (Wildman–Crippen LogP) is 2.93. The van der Waals surface area contributed by atoms with Gasteiger partial charge in [-0.15, -0.1) is 11.3 Å². The SMILES string of the molecule is Cc1csc(C(=O)NC(/C(N)=N/O)c2ccccc2)c1Cl. The van der Waals surface area contributed by atoms with Crippen molar-refractivity contribution in [1.82, 2.24) is 5.32 Å². The number of halogens is 1. The molecule has 2 rings (SSSR count). The molecule has 1 aromatic heterocycles. The maximum Gasteiger partial charge on any atom is 0.263 e. The molecule has 0 fully saturated rings. The van der Waals surface area contributed by atoms with Gasteiger partial charge >= 0.3 is 0 Å². The fourth-order valence-corrected chi connectivity index (χ4v) is 2.99. The second kappa shape index (κ2) is 6.60. The van der Waals surface area contributed by atoms with Crippen molar-refractivity contribution in [3.8, 4) is 0 Å². The van der Waals surface area contributed by atoms with Gasteiger partial charge in [-0.3, -0.25) is 4.79 Å². The van der Waals surface area contributed by atoms with Gasteiger partial charge in [0.15, 0.2) is 5.84 Å². The molecule has 7 heteroatoms. The molecule has 1 heterocycles. The maximum atomic E-state index is 12.3. The van der Waals surface area contributed by atoms with Crippen LogP contribution in [0.1, 0.15) is 26.8 Å². The molecular weight excluding hydrogens is 310 g/mol. The molecule has 21 heavy (non-hydrogen) atoms. The standard InChI is InChI=1S/C14H14ClN3O2S/c1-8-7-21-12(10(8)15)14(19)17-11(13(16)18-20)9-5-3-2-4-6-9/h2-7,11,20H,1H3,(H2,16,18)(H,17,19). The van der Waals surface area contributed by atoms with Gasteiger partial charge in [-0.05, 0) is 23.4 Å². The van der Waals surface area contributed by atoms with E-state index in [-0.39, 0.29) is 11.7 Å². The number of carbonyl (C=O) groups is 1. The van der Waals surface area contributed by atoms with Gasteiger partial charge < -0.3 is 16.3 Å². The summed E-state index contributed by atoms with van der Waals surface area (Å²) in [6.45, 7) is 1.83. The van der Waals surface area contributed by atoms with Gasteiger partial charge in [0, 0.05) is 0 Å². The maximum absolute atomic E-state index is 12.3. The monoisotopic (exact) mass is 323 g/mol. The molecule has 1 aromatic carbocycles. The van der Waals surface area contributed by atoms with Crippen molar-refractivity contribution < 1.29 is 10.0 Å². The molecule has 110 valence electrons. The van der Waals surface area contributed by atoms with E-state index in [1.807, 2.05) is 13.0 Å². The first kappa shape index (κ1) is 15.3. The summed E-state index contributed by atoms with van der Waals surface area (Å²) >= 11 is 7.34. The fourth-order valence-electron chi connectivity index (χ4n) is 1.81. The van der Waals surface area contributed by atoms with Crippen LogP contribution in [0.5, 0.6) is 0 Å². The Kier molecular flexibility index (Phi) is 4.82. The second-order valence-electron chi connectivity index (χ2n) is 4.40. The van der Waals surface area contributed by atoms with Crippen LogP contribution in [-0.4, -0.2) is 17.0 Å². The van der Waals surface area contributed by atoms with E-state index in [1.54, 1.807) is 29.6 Å². The van der Waals surface area contributed by atoms with E-state index < -0.39 is 6.04 Å². The van der Waals surface area contributed by atoms with E-state index in [9.17, 15) is 4.79 Å². The van der Waals surface area contributed by atoms with Crippen LogP contribution < -0.4 is 11.1 Å².